The molecule has 0 radical (unpaired) electrons. The van der Waals surface area contributed by atoms with Crippen molar-refractivity contribution in [3.63, 3.8) is 0 Å². The third-order valence-electron chi connectivity index (χ3n) is 4.95. The zero-order chi connectivity index (χ0) is 21.1. The van der Waals surface area contributed by atoms with E-state index in [4.69, 9.17) is 0 Å². The molecular weight excluding hydrogens is 376 g/mol. The minimum atomic E-state index is -0.326. The molecule has 4 aromatic rings. The molecule has 150 valence electrons. The third kappa shape index (κ3) is 3.93. The molecule has 0 aliphatic carbocycles. The first-order valence-corrected chi connectivity index (χ1v) is 9.81. The molecule has 0 aliphatic heterocycles. The van der Waals surface area contributed by atoms with Crippen LogP contribution in [-0.2, 0) is 6.42 Å². The van der Waals surface area contributed by atoms with Gasteiger partial charge in [-0.1, -0.05) is 31.2 Å². The summed E-state index contributed by atoms with van der Waals surface area (Å²) in [6.07, 6.45) is 0.952. The molecule has 0 spiro atoms. The highest BCUT2D eigenvalue weighted by molar-refractivity contribution is 5.99. The first-order valence-electron chi connectivity index (χ1n) is 9.81. The number of aryl methyl sites for hydroxylation is 2. The van der Waals surface area contributed by atoms with Gasteiger partial charge in [0.1, 0.15) is 5.82 Å². The number of benzene rings is 3. The summed E-state index contributed by atoms with van der Waals surface area (Å²) in [6, 6.07) is 21.8. The van der Waals surface area contributed by atoms with Gasteiger partial charge in [-0.05, 0) is 67.4 Å². The summed E-state index contributed by atoms with van der Waals surface area (Å²) in [5, 5.41) is 6.18. The molecule has 0 unspecified atom stereocenters. The Balaban J connectivity index is 1.52. The molecule has 0 fully saturated rings. The van der Waals surface area contributed by atoms with Gasteiger partial charge >= 0.3 is 6.03 Å². The summed E-state index contributed by atoms with van der Waals surface area (Å²) in [7, 11) is 0. The molecule has 1 heterocycles. The lowest BCUT2D eigenvalue weighted by Gasteiger charge is -2.12. The second-order valence-corrected chi connectivity index (χ2v) is 6.99. The number of rotatable bonds is 4. The smallest absolute Gasteiger partial charge is 0.308 e. The standard InChI is InChI=1S/C24H22N4O2/c1-3-17-8-10-18(11-9-17)26-24(30)27-19-12-14-20(15-13-19)28-16(2)25-22-7-5-4-6-21(22)23(28)29/h4-15H,3H2,1-2H3,(H2,26,27,30). The predicted octanol–water partition coefficient (Wildman–Crippen LogP) is 4.90. The topological polar surface area (TPSA) is 76.0 Å². The molecule has 0 atom stereocenters. The number of amides is 2. The molecule has 0 bridgehead atoms. The van der Waals surface area contributed by atoms with E-state index >= 15 is 0 Å². The van der Waals surface area contributed by atoms with Gasteiger partial charge in [0, 0.05) is 11.4 Å². The number of hydrogen-bond donors (Lipinski definition) is 2. The first-order chi connectivity index (χ1) is 14.5. The van der Waals surface area contributed by atoms with Crippen LogP contribution in [0.3, 0.4) is 0 Å². The minimum absolute atomic E-state index is 0.118. The first kappa shape index (κ1) is 19.4. The molecule has 1 aromatic heterocycles. The lowest BCUT2D eigenvalue weighted by molar-refractivity contribution is 0.262. The Kier molecular flexibility index (Phi) is 5.30. The molecular formula is C24H22N4O2. The van der Waals surface area contributed by atoms with Crippen molar-refractivity contribution in [2.24, 2.45) is 0 Å². The zero-order valence-corrected chi connectivity index (χ0v) is 16.8. The normalized spacial score (nSPS) is 10.7. The second-order valence-electron chi connectivity index (χ2n) is 6.99. The Bertz CT molecular complexity index is 1260. The average Bonchev–Trinajstić information content (AvgIpc) is 2.75. The van der Waals surface area contributed by atoms with Crippen molar-refractivity contribution in [1.29, 1.82) is 0 Å². The average molecular weight is 398 g/mol. The maximum atomic E-state index is 12.9. The molecule has 0 aliphatic rings. The van der Waals surface area contributed by atoms with Crippen molar-refractivity contribution in [2.45, 2.75) is 20.3 Å². The van der Waals surface area contributed by atoms with Gasteiger partial charge in [-0.15, -0.1) is 0 Å². The number of aromatic nitrogens is 2. The maximum absolute atomic E-state index is 12.9. The lowest BCUT2D eigenvalue weighted by atomic mass is 10.1. The molecule has 6 heteroatoms. The summed E-state index contributed by atoms with van der Waals surface area (Å²) < 4.78 is 1.57. The van der Waals surface area contributed by atoms with Crippen LogP contribution in [0.25, 0.3) is 16.6 Å². The molecule has 30 heavy (non-hydrogen) atoms. The molecule has 4 rings (SSSR count). The van der Waals surface area contributed by atoms with Crippen molar-refractivity contribution in [3.05, 3.63) is 94.5 Å². The van der Waals surface area contributed by atoms with Crippen molar-refractivity contribution in [3.8, 4) is 5.69 Å². The molecule has 0 saturated heterocycles. The van der Waals surface area contributed by atoms with Crippen LogP contribution in [0, 0.1) is 6.92 Å². The van der Waals surface area contributed by atoms with Crippen LogP contribution >= 0.6 is 0 Å². The van der Waals surface area contributed by atoms with Crippen LogP contribution in [0.1, 0.15) is 18.3 Å². The van der Waals surface area contributed by atoms with Gasteiger partial charge in [0.05, 0.1) is 16.6 Å². The largest absolute Gasteiger partial charge is 0.323 e. The predicted molar refractivity (Wildman–Crippen MR) is 121 cm³/mol. The van der Waals surface area contributed by atoms with Crippen molar-refractivity contribution in [1.82, 2.24) is 9.55 Å². The lowest BCUT2D eigenvalue weighted by Crippen LogP contribution is -2.22. The Hall–Kier alpha value is -3.93. The molecule has 2 amide bonds. The SMILES string of the molecule is CCc1ccc(NC(=O)Nc2ccc(-n3c(C)nc4ccccc4c3=O)cc2)cc1. The number of carbonyl (C=O) groups is 1. The van der Waals surface area contributed by atoms with Gasteiger partial charge in [0.2, 0.25) is 0 Å². The highest BCUT2D eigenvalue weighted by Gasteiger charge is 2.10. The third-order valence-corrected chi connectivity index (χ3v) is 4.95. The Morgan fingerprint density at radius 1 is 0.900 bits per heavy atom. The fourth-order valence-corrected chi connectivity index (χ4v) is 3.36. The summed E-state index contributed by atoms with van der Waals surface area (Å²) >= 11 is 0. The summed E-state index contributed by atoms with van der Waals surface area (Å²) in [5.74, 6) is 0.604. The number of carbonyl (C=O) groups excluding carboxylic acids is 1. The number of anilines is 2. The van der Waals surface area contributed by atoms with E-state index in [0.717, 1.165) is 12.1 Å². The fourth-order valence-electron chi connectivity index (χ4n) is 3.36. The van der Waals surface area contributed by atoms with Crippen LogP contribution in [0.5, 0.6) is 0 Å². The fraction of sp³-hybridized carbons (Fsp3) is 0.125. The highest BCUT2D eigenvalue weighted by Crippen LogP contribution is 2.16. The van der Waals surface area contributed by atoms with Gasteiger partial charge in [-0.25, -0.2) is 9.78 Å². The van der Waals surface area contributed by atoms with Gasteiger partial charge in [-0.2, -0.15) is 0 Å². The van der Waals surface area contributed by atoms with E-state index in [-0.39, 0.29) is 11.6 Å². The monoisotopic (exact) mass is 398 g/mol. The van der Waals surface area contributed by atoms with E-state index in [1.54, 1.807) is 41.8 Å². The molecule has 2 N–H and O–H groups in total. The van der Waals surface area contributed by atoms with E-state index in [0.29, 0.717) is 28.1 Å². The van der Waals surface area contributed by atoms with Crippen LogP contribution in [0.2, 0.25) is 0 Å². The number of nitrogens with one attached hydrogen (secondary N) is 2. The van der Waals surface area contributed by atoms with Gasteiger partial charge in [-0.3, -0.25) is 9.36 Å². The second kappa shape index (κ2) is 8.21. The van der Waals surface area contributed by atoms with Crippen LogP contribution in [0.15, 0.2) is 77.6 Å². The number of urea groups is 1. The number of para-hydroxylation sites is 1. The van der Waals surface area contributed by atoms with E-state index in [1.165, 1.54) is 5.56 Å². The molecule has 6 nitrogen and oxygen atoms in total. The van der Waals surface area contributed by atoms with E-state index in [9.17, 15) is 9.59 Å². The van der Waals surface area contributed by atoms with Crippen molar-refractivity contribution >= 4 is 28.3 Å². The molecule has 0 saturated carbocycles. The molecule has 3 aromatic carbocycles. The van der Waals surface area contributed by atoms with Crippen molar-refractivity contribution < 1.29 is 4.79 Å². The maximum Gasteiger partial charge on any atom is 0.323 e. The quantitative estimate of drug-likeness (QED) is 0.513. The van der Waals surface area contributed by atoms with Gasteiger partial charge < -0.3 is 10.6 Å². The van der Waals surface area contributed by atoms with Crippen molar-refractivity contribution in [2.75, 3.05) is 10.6 Å². The Morgan fingerprint density at radius 2 is 1.50 bits per heavy atom. The highest BCUT2D eigenvalue weighted by atomic mass is 16.2. The van der Waals surface area contributed by atoms with E-state index in [2.05, 4.69) is 22.5 Å². The minimum Gasteiger partial charge on any atom is -0.308 e. The van der Waals surface area contributed by atoms with Crippen LogP contribution in [0.4, 0.5) is 16.2 Å². The Labute approximate surface area is 174 Å². The summed E-state index contributed by atoms with van der Waals surface area (Å²) in [4.78, 5) is 29.7. The summed E-state index contributed by atoms with van der Waals surface area (Å²) in [5.41, 5.74) is 3.82. The van der Waals surface area contributed by atoms with Crippen LogP contribution < -0.4 is 16.2 Å². The zero-order valence-electron chi connectivity index (χ0n) is 16.8. The van der Waals surface area contributed by atoms with Crippen LogP contribution in [-0.4, -0.2) is 15.6 Å². The number of hydrogen-bond acceptors (Lipinski definition) is 3. The van der Waals surface area contributed by atoms with Gasteiger partial charge in [0.25, 0.3) is 5.56 Å². The van der Waals surface area contributed by atoms with Gasteiger partial charge in [0.15, 0.2) is 0 Å². The number of nitrogens with zero attached hydrogens (tertiary/aromatic N) is 2. The number of fused-ring (bicyclic) bond motifs is 1. The van der Waals surface area contributed by atoms with E-state index in [1.807, 2.05) is 42.5 Å². The Morgan fingerprint density at radius 3 is 2.13 bits per heavy atom. The van der Waals surface area contributed by atoms with E-state index < -0.39 is 0 Å². The summed E-state index contributed by atoms with van der Waals surface area (Å²) in [6.45, 7) is 3.89.